The van der Waals surface area contributed by atoms with Crippen LogP contribution in [0.15, 0.2) is 6.20 Å². The number of amides is 1. The Kier molecular flexibility index (Phi) is 3.08. The Morgan fingerprint density at radius 3 is 2.67 bits per heavy atom. The first-order valence-electron chi connectivity index (χ1n) is 5.62. The molecule has 1 aliphatic heterocycles. The van der Waals surface area contributed by atoms with Gasteiger partial charge < -0.3 is 15.1 Å². The maximum absolute atomic E-state index is 12.2. The fourth-order valence-corrected chi connectivity index (χ4v) is 2.14. The van der Waals surface area contributed by atoms with E-state index in [0.717, 1.165) is 0 Å². The largest absolute Gasteiger partial charge is 0.480 e. The number of aryl methyl sites for hydroxylation is 1. The zero-order chi connectivity index (χ0) is 13.4. The van der Waals surface area contributed by atoms with Gasteiger partial charge in [0.15, 0.2) is 0 Å². The number of hydrogen-bond acceptors (Lipinski definition) is 4. The number of aliphatic hydroxyl groups is 1. The van der Waals surface area contributed by atoms with Crippen molar-refractivity contribution in [3.05, 3.63) is 17.5 Å². The van der Waals surface area contributed by atoms with Crippen LogP contribution >= 0.6 is 0 Å². The topological polar surface area (TPSA) is 95.7 Å². The summed E-state index contributed by atoms with van der Waals surface area (Å²) >= 11 is 0. The van der Waals surface area contributed by atoms with Gasteiger partial charge >= 0.3 is 5.97 Å². The fraction of sp³-hybridized carbons (Fsp3) is 0.545. The van der Waals surface area contributed by atoms with Gasteiger partial charge in [-0.05, 0) is 6.92 Å². The molecule has 0 saturated carbocycles. The quantitative estimate of drug-likeness (QED) is 0.733. The SMILES string of the molecule is Cc1c(C(=O)N2CC(O)CC2C(=O)O)cnn1C. The number of aliphatic carboxylic acids is 1. The van der Waals surface area contributed by atoms with Crippen LogP contribution in [0.2, 0.25) is 0 Å². The van der Waals surface area contributed by atoms with E-state index in [1.165, 1.54) is 11.1 Å². The monoisotopic (exact) mass is 253 g/mol. The number of rotatable bonds is 2. The van der Waals surface area contributed by atoms with Gasteiger partial charge in [-0.2, -0.15) is 5.10 Å². The second-order valence-corrected chi connectivity index (χ2v) is 4.47. The van der Waals surface area contributed by atoms with Crippen LogP contribution in [0.1, 0.15) is 22.5 Å². The Balaban J connectivity index is 2.28. The highest BCUT2D eigenvalue weighted by Gasteiger charge is 2.39. The Morgan fingerprint density at radius 2 is 2.17 bits per heavy atom. The summed E-state index contributed by atoms with van der Waals surface area (Å²) in [5, 5.41) is 22.5. The Labute approximate surface area is 104 Å². The van der Waals surface area contributed by atoms with Gasteiger partial charge in [-0.15, -0.1) is 0 Å². The molecular weight excluding hydrogens is 238 g/mol. The summed E-state index contributed by atoms with van der Waals surface area (Å²) < 4.78 is 1.55. The Morgan fingerprint density at radius 1 is 1.50 bits per heavy atom. The molecule has 0 aliphatic carbocycles. The van der Waals surface area contributed by atoms with E-state index < -0.39 is 24.0 Å². The predicted octanol–water partition coefficient (Wildman–Crippen LogP) is -0.611. The van der Waals surface area contributed by atoms with Crippen molar-refractivity contribution in [3.63, 3.8) is 0 Å². The smallest absolute Gasteiger partial charge is 0.326 e. The summed E-state index contributed by atoms with van der Waals surface area (Å²) in [4.78, 5) is 24.5. The molecule has 18 heavy (non-hydrogen) atoms. The predicted molar refractivity (Wildman–Crippen MR) is 61.0 cm³/mol. The molecule has 0 aromatic carbocycles. The van der Waals surface area contributed by atoms with Gasteiger partial charge in [0.1, 0.15) is 6.04 Å². The standard InChI is InChI=1S/C11H15N3O4/c1-6-8(4-12-13(6)2)10(16)14-5-7(15)3-9(14)11(17)18/h4,7,9,15H,3,5H2,1-2H3,(H,17,18). The second kappa shape index (κ2) is 4.41. The zero-order valence-electron chi connectivity index (χ0n) is 10.2. The molecule has 0 radical (unpaired) electrons. The lowest BCUT2D eigenvalue weighted by molar-refractivity contribution is -0.141. The first kappa shape index (κ1) is 12.6. The lowest BCUT2D eigenvalue weighted by atomic mass is 10.2. The highest BCUT2D eigenvalue weighted by molar-refractivity contribution is 5.97. The van der Waals surface area contributed by atoms with Crippen LogP contribution in [0.3, 0.4) is 0 Å². The van der Waals surface area contributed by atoms with Crippen LogP contribution in [0, 0.1) is 6.92 Å². The third-order valence-corrected chi connectivity index (χ3v) is 3.29. The Bertz CT molecular complexity index is 496. The summed E-state index contributed by atoms with van der Waals surface area (Å²) in [5.74, 6) is -1.49. The minimum atomic E-state index is -1.10. The van der Waals surface area contributed by atoms with E-state index in [9.17, 15) is 14.7 Å². The normalized spacial score (nSPS) is 23.4. The van der Waals surface area contributed by atoms with Crippen molar-refractivity contribution in [3.8, 4) is 0 Å². The number of aromatic nitrogens is 2. The molecule has 1 aliphatic rings. The molecule has 0 spiro atoms. The van der Waals surface area contributed by atoms with Crippen LogP contribution in [-0.4, -0.2) is 55.5 Å². The minimum absolute atomic E-state index is 0.0458. The summed E-state index contributed by atoms with van der Waals surface area (Å²) in [5.41, 5.74) is 1.04. The number of aliphatic hydroxyl groups excluding tert-OH is 1. The van der Waals surface area contributed by atoms with E-state index in [1.54, 1.807) is 18.7 Å². The first-order chi connectivity index (χ1) is 8.41. The molecule has 1 aromatic heterocycles. The summed E-state index contributed by atoms with van der Waals surface area (Å²) in [6, 6.07) is -0.966. The van der Waals surface area contributed by atoms with Crippen LogP contribution < -0.4 is 0 Å². The molecule has 1 saturated heterocycles. The molecule has 2 rings (SSSR count). The molecular formula is C11H15N3O4. The van der Waals surface area contributed by atoms with E-state index in [4.69, 9.17) is 5.11 Å². The number of carboxylic acid groups (broad SMARTS) is 1. The van der Waals surface area contributed by atoms with E-state index in [2.05, 4.69) is 5.10 Å². The first-order valence-corrected chi connectivity index (χ1v) is 5.62. The molecule has 2 atom stereocenters. The summed E-state index contributed by atoms with van der Waals surface area (Å²) in [6.45, 7) is 1.78. The van der Waals surface area contributed by atoms with Gasteiger partial charge in [0.2, 0.25) is 0 Å². The Hall–Kier alpha value is -1.89. The van der Waals surface area contributed by atoms with E-state index >= 15 is 0 Å². The number of carboxylic acids is 1. The van der Waals surface area contributed by atoms with Crippen LogP contribution in [0.4, 0.5) is 0 Å². The fourth-order valence-electron chi connectivity index (χ4n) is 2.14. The van der Waals surface area contributed by atoms with Gasteiger partial charge in [-0.1, -0.05) is 0 Å². The van der Waals surface area contributed by atoms with Gasteiger partial charge in [0, 0.05) is 25.7 Å². The third-order valence-electron chi connectivity index (χ3n) is 3.29. The molecule has 7 nitrogen and oxygen atoms in total. The number of hydrogen-bond donors (Lipinski definition) is 2. The maximum Gasteiger partial charge on any atom is 0.326 e. The van der Waals surface area contributed by atoms with Crippen molar-refractivity contribution >= 4 is 11.9 Å². The second-order valence-electron chi connectivity index (χ2n) is 4.47. The van der Waals surface area contributed by atoms with Crippen LogP contribution in [0.25, 0.3) is 0 Å². The molecule has 0 bridgehead atoms. The molecule has 2 heterocycles. The van der Waals surface area contributed by atoms with Gasteiger partial charge in [-0.3, -0.25) is 9.48 Å². The van der Waals surface area contributed by atoms with E-state index in [0.29, 0.717) is 11.3 Å². The molecule has 1 fully saturated rings. The third kappa shape index (κ3) is 1.97. The summed E-state index contributed by atoms with van der Waals surface area (Å²) in [7, 11) is 1.71. The molecule has 7 heteroatoms. The highest BCUT2D eigenvalue weighted by Crippen LogP contribution is 2.21. The van der Waals surface area contributed by atoms with Crippen LogP contribution in [0.5, 0.6) is 0 Å². The van der Waals surface area contributed by atoms with Crippen molar-refractivity contribution in [1.29, 1.82) is 0 Å². The molecule has 2 unspecified atom stereocenters. The van der Waals surface area contributed by atoms with E-state index in [-0.39, 0.29) is 13.0 Å². The minimum Gasteiger partial charge on any atom is -0.480 e. The lowest BCUT2D eigenvalue weighted by Gasteiger charge is -2.20. The summed E-state index contributed by atoms with van der Waals surface area (Å²) in [6.07, 6.45) is 0.703. The van der Waals surface area contributed by atoms with Crippen molar-refractivity contribution in [2.24, 2.45) is 7.05 Å². The molecule has 1 amide bonds. The van der Waals surface area contributed by atoms with Crippen LogP contribution in [-0.2, 0) is 11.8 Å². The zero-order valence-corrected chi connectivity index (χ0v) is 10.2. The van der Waals surface area contributed by atoms with Crippen molar-refractivity contribution in [2.45, 2.75) is 25.5 Å². The highest BCUT2D eigenvalue weighted by atomic mass is 16.4. The number of nitrogens with zero attached hydrogens (tertiary/aromatic N) is 3. The molecule has 98 valence electrons. The number of likely N-dealkylation sites (tertiary alicyclic amines) is 1. The average molecular weight is 253 g/mol. The van der Waals surface area contributed by atoms with Gasteiger partial charge in [0.05, 0.1) is 17.9 Å². The van der Waals surface area contributed by atoms with Crippen molar-refractivity contribution in [1.82, 2.24) is 14.7 Å². The van der Waals surface area contributed by atoms with E-state index in [1.807, 2.05) is 0 Å². The lowest BCUT2D eigenvalue weighted by Crippen LogP contribution is -2.40. The maximum atomic E-state index is 12.2. The number of carbonyl (C=O) groups is 2. The van der Waals surface area contributed by atoms with Gasteiger partial charge in [-0.25, -0.2) is 4.79 Å². The average Bonchev–Trinajstić information content (AvgIpc) is 2.84. The molecule has 2 N–H and O–H groups in total. The van der Waals surface area contributed by atoms with Crippen molar-refractivity contribution in [2.75, 3.05) is 6.54 Å². The molecule has 1 aromatic rings. The van der Waals surface area contributed by atoms with Gasteiger partial charge in [0.25, 0.3) is 5.91 Å². The number of β-amino-alcohol motifs (C(OH)–C–C–N with tert-alkyl or cyclic N) is 1. The van der Waals surface area contributed by atoms with Crippen molar-refractivity contribution < 1.29 is 19.8 Å². The number of carbonyl (C=O) groups excluding carboxylic acids is 1.